The number of carboxylic acids is 1. The number of rotatable bonds is 10. The molecule has 3 nitrogen and oxygen atoms in total. The Hall–Kier alpha value is -2.42. The third-order valence-electron chi connectivity index (χ3n) is 6.15. The van der Waals surface area contributed by atoms with Crippen LogP contribution in [0.25, 0.3) is 0 Å². The standard InChI is InChI=1S/C26H34O3/c1-19(27)22(16-20-12-8-6-9-13-20)25(2,3)18-26(4,5)23(24(28)29)17-21-14-10-7-11-15-21/h6-15,22-23H,16-18H2,1-5H3,(H,28,29). The lowest BCUT2D eigenvalue weighted by Crippen LogP contribution is -2.41. The van der Waals surface area contributed by atoms with Crippen molar-refractivity contribution in [2.24, 2.45) is 22.7 Å². The van der Waals surface area contributed by atoms with Crippen molar-refractivity contribution < 1.29 is 14.7 Å². The van der Waals surface area contributed by atoms with Gasteiger partial charge in [-0.2, -0.15) is 0 Å². The molecule has 0 aliphatic carbocycles. The van der Waals surface area contributed by atoms with Crippen LogP contribution in [0.3, 0.4) is 0 Å². The van der Waals surface area contributed by atoms with E-state index in [2.05, 4.69) is 13.8 Å². The number of ketones is 1. The third kappa shape index (κ3) is 6.28. The summed E-state index contributed by atoms with van der Waals surface area (Å²) in [7, 11) is 0. The summed E-state index contributed by atoms with van der Waals surface area (Å²) >= 11 is 0. The van der Waals surface area contributed by atoms with E-state index in [4.69, 9.17) is 0 Å². The Morgan fingerprint density at radius 3 is 1.52 bits per heavy atom. The molecule has 2 aromatic carbocycles. The molecule has 29 heavy (non-hydrogen) atoms. The fraction of sp³-hybridized carbons (Fsp3) is 0.462. The van der Waals surface area contributed by atoms with E-state index < -0.39 is 17.3 Å². The van der Waals surface area contributed by atoms with Crippen molar-refractivity contribution in [2.75, 3.05) is 0 Å². The zero-order valence-electron chi connectivity index (χ0n) is 18.3. The van der Waals surface area contributed by atoms with E-state index in [1.54, 1.807) is 6.92 Å². The van der Waals surface area contributed by atoms with Gasteiger partial charge in [0.15, 0.2) is 0 Å². The largest absolute Gasteiger partial charge is 0.481 e. The molecule has 0 spiro atoms. The molecule has 0 aliphatic rings. The number of carbonyl (C=O) groups excluding carboxylic acids is 1. The van der Waals surface area contributed by atoms with Gasteiger partial charge < -0.3 is 5.11 Å². The minimum atomic E-state index is -0.780. The second-order valence-electron chi connectivity index (χ2n) is 9.59. The lowest BCUT2D eigenvalue weighted by Gasteiger charge is -2.42. The maximum atomic E-state index is 12.6. The van der Waals surface area contributed by atoms with E-state index in [1.807, 2.05) is 74.5 Å². The van der Waals surface area contributed by atoms with Crippen LogP contribution in [-0.2, 0) is 22.4 Å². The molecule has 2 aromatic rings. The molecule has 0 saturated heterocycles. The topological polar surface area (TPSA) is 54.4 Å². The second kappa shape index (κ2) is 9.39. The maximum absolute atomic E-state index is 12.6. The molecule has 0 fully saturated rings. The van der Waals surface area contributed by atoms with Crippen molar-refractivity contribution in [3.05, 3.63) is 71.8 Å². The van der Waals surface area contributed by atoms with Crippen LogP contribution in [0.15, 0.2) is 60.7 Å². The summed E-state index contributed by atoms with van der Waals surface area (Å²) in [6.45, 7) is 9.91. The number of Topliss-reactive ketones (excluding diaryl/α,β-unsaturated/α-hetero) is 1. The van der Waals surface area contributed by atoms with Crippen LogP contribution in [0.4, 0.5) is 0 Å². The van der Waals surface area contributed by atoms with Gasteiger partial charge in [0.2, 0.25) is 0 Å². The molecular formula is C26H34O3. The highest BCUT2D eigenvalue weighted by molar-refractivity contribution is 5.79. The van der Waals surface area contributed by atoms with Gasteiger partial charge in [-0.3, -0.25) is 9.59 Å². The Morgan fingerprint density at radius 1 is 0.759 bits per heavy atom. The zero-order valence-corrected chi connectivity index (χ0v) is 18.3. The number of hydrogen-bond acceptors (Lipinski definition) is 2. The summed E-state index contributed by atoms with van der Waals surface area (Å²) < 4.78 is 0. The molecule has 0 bridgehead atoms. The van der Waals surface area contributed by atoms with Gasteiger partial charge in [-0.15, -0.1) is 0 Å². The monoisotopic (exact) mass is 394 g/mol. The van der Waals surface area contributed by atoms with Gasteiger partial charge in [0.05, 0.1) is 5.92 Å². The highest BCUT2D eigenvalue weighted by atomic mass is 16.4. The molecule has 2 unspecified atom stereocenters. The average Bonchev–Trinajstić information content (AvgIpc) is 2.64. The molecule has 0 heterocycles. The molecule has 0 aliphatic heterocycles. The molecule has 1 N–H and O–H groups in total. The van der Waals surface area contributed by atoms with Crippen LogP contribution >= 0.6 is 0 Å². The van der Waals surface area contributed by atoms with Crippen molar-refractivity contribution in [1.82, 2.24) is 0 Å². The van der Waals surface area contributed by atoms with Crippen LogP contribution in [-0.4, -0.2) is 16.9 Å². The molecule has 156 valence electrons. The summed E-state index contributed by atoms with van der Waals surface area (Å²) in [5.41, 5.74) is 1.38. The van der Waals surface area contributed by atoms with E-state index >= 15 is 0 Å². The highest BCUT2D eigenvalue weighted by Gasteiger charge is 2.43. The van der Waals surface area contributed by atoms with Gasteiger partial charge in [0, 0.05) is 5.92 Å². The Labute approximate surface area is 175 Å². The van der Waals surface area contributed by atoms with Crippen LogP contribution in [0.5, 0.6) is 0 Å². The van der Waals surface area contributed by atoms with Gasteiger partial charge in [0.1, 0.15) is 5.78 Å². The van der Waals surface area contributed by atoms with E-state index in [1.165, 1.54) is 0 Å². The van der Waals surface area contributed by atoms with E-state index in [0.29, 0.717) is 19.3 Å². The van der Waals surface area contributed by atoms with Gasteiger partial charge in [0.25, 0.3) is 0 Å². The van der Waals surface area contributed by atoms with Crippen LogP contribution in [0.1, 0.15) is 52.2 Å². The van der Waals surface area contributed by atoms with Gasteiger partial charge >= 0.3 is 5.97 Å². The molecule has 3 heteroatoms. The summed E-state index contributed by atoms with van der Waals surface area (Å²) in [4.78, 5) is 24.7. The van der Waals surface area contributed by atoms with Crippen molar-refractivity contribution in [3.63, 3.8) is 0 Å². The molecule has 0 amide bonds. The number of hydrogen-bond donors (Lipinski definition) is 1. The first-order valence-electron chi connectivity index (χ1n) is 10.3. The Morgan fingerprint density at radius 2 is 1.14 bits per heavy atom. The first-order valence-corrected chi connectivity index (χ1v) is 10.3. The fourth-order valence-electron chi connectivity index (χ4n) is 4.79. The smallest absolute Gasteiger partial charge is 0.307 e. The molecular weight excluding hydrogens is 360 g/mol. The van der Waals surface area contributed by atoms with Gasteiger partial charge in [-0.1, -0.05) is 88.4 Å². The Bertz CT molecular complexity index is 737. The first kappa shape index (κ1) is 22.9. The second-order valence-corrected chi connectivity index (χ2v) is 9.59. The summed E-state index contributed by atoms with van der Waals surface area (Å²) in [5, 5.41) is 9.98. The number of carboxylic acid groups (broad SMARTS) is 1. The number of benzene rings is 2. The van der Waals surface area contributed by atoms with Crippen molar-refractivity contribution in [3.8, 4) is 0 Å². The van der Waals surface area contributed by atoms with Crippen LogP contribution < -0.4 is 0 Å². The zero-order chi connectivity index (χ0) is 21.7. The van der Waals surface area contributed by atoms with Crippen molar-refractivity contribution in [2.45, 2.75) is 53.9 Å². The molecule has 0 aromatic heterocycles. The summed E-state index contributed by atoms with van der Waals surface area (Å²) in [6.07, 6.45) is 1.82. The highest BCUT2D eigenvalue weighted by Crippen LogP contribution is 2.45. The lowest BCUT2D eigenvalue weighted by molar-refractivity contribution is -0.147. The first-order chi connectivity index (χ1) is 13.5. The molecule has 2 rings (SSSR count). The Balaban J connectivity index is 2.24. The van der Waals surface area contributed by atoms with E-state index in [0.717, 1.165) is 11.1 Å². The molecule has 0 saturated carbocycles. The number of carbonyl (C=O) groups is 2. The minimum Gasteiger partial charge on any atom is -0.481 e. The van der Waals surface area contributed by atoms with Crippen molar-refractivity contribution in [1.29, 1.82) is 0 Å². The predicted molar refractivity (Wildman–Crippen MR) is 118 cm³/mol. The lowest BCUT2D eigenvalue weighted by atomic mass is 9.61. The third-order valence-corrected chi connectivity index (χ3v) is 6.15. The van der Waals surface area contributed by atoms with Crippen LogP contribution in [0, 0.1) is 22.7 Å². The SMILES string of the molecule is CC(=O)C(Cc1ccccc1)C(C)(C)CC(C)(C)C(Cc1ccccc1)C(=O)O. The van der Waals surface area contributed by atoms with E-state index in [9.17, 15) is 14.7 Å². The van der Waals surface area contributed by atoms with Crippen molar-refractivity contribution >= 4 is 11.8 Å². The fourth-order valence-corrected chi connectivity index (χ4v) is 4.79. The van der Waals surface area contributed by atoms with Gasteiger partial charge in [-0.25, -0.2) is 0 Å². The normalized spacial score (nSPS) is 14.2. The number of aliphatic carboxylic acids is 1. The average molecular weight is 395 g/mol. The summed E-state index contributed by atoms with van der Waals surface area (Å²) in [5.74, 6) is -1.30. The quantitative estimate of drug-likeness (QED) is 0.552. The van der Waals surface area contributed by atoms with E-state index in [-0.39, 0.29) is 17.1 Å². The predicted octanol–water partition coefficient (Wildman–Crippen LogP) is 5.82. The summed E-state index contributed by atoms with van der Waals surface area (Å²) in [6, 6.07) is 19.8. The van der Waals surface area contributed by atoms with Gasteiger partial charge in [-0.05, 0) is 48.1 Å². The molecule has 2 atom stereocenters. The maximum Gasteiger partial charge on any atom is 0.307 e. The minimum absolute atomic E-state index is 0.157. The van der Waals surface area contributed by atoms with Crippen LogP contribution in [0.2, 0.25) is 0 Å². The molecule has 0 radical (unpaired) electrons. The Kier molecular flexibility index (Phi) is 7.40.